The molecule has 0 radical (unpaired) electrons. The SMILES string of the molecule is O=c1[nH]c2ccc(Cl)cc2c(=O)n1-c1ccc(F)cc1. The van der Waals surface area contributed by atoms with E-state index >= 15 is 0 Å². The highest BCUT2D eigenvalue weighted by Gasteiger charge is 2.09. The average molecular weight is 291 g/mol. The highest BCUT2D eigenvalue weighted by atomic mass is 35.5. The van der Waals surface area contributed by atoms with E-state index in [0.717, 1.165) is 4.57 Å². The fourth-order valence-electron chi connectivity index (χ4n) is 2.01. The van der Waals surface area contributed by atoms with Crippen LogP contribution in [0, 0.1) is 5.82 Å². The van der Waals surface area contributed by atoms with Crippen LogP contribution in [0.5, 0.6) is 0 Å². The molecule has 0 aliphatic rings. The minimum absolute atomic E-state index is 0.291. The summed E-state index contributed by atoms with van der Waals surface area (Å²) in [6.07, 6.45) is 0. The van der Waals surface area contributed by atoms with E-state index in [1.165, 1.54) is 30.3 Å². The first-order chi connectivity index (χ1) is 9.56. The molecule has 2 aromatic carbocycles. The molecule has 3 aromatic rings. The fourth-order valence-corrected chi connectivity index (χ4v) is 2.18. The largest absolute Gasteiger partial charge is 0.333 e. The zero-order chi connectivity index (χ0) is 14.3. The molecule has 0 bridgehead atoms. The van der Waals surface area contributed by atoms with Crippen LogP contribution < -0.4 is 11.2 Å². The normalized spacial score (nSPS) is 10.9. The van der Waals surface area contributed by atoms with Gasteiger partial charge in [0.15, 0.2) is 0 Å². The fraction of sp³-hybridized carbons (Fsp3) is 0. The highest BCUT2D eigenvalue weighted by Crippen LogP contribution is 2.14. The van der Waals surface area contributed by atoms with Gasteiger partial charge in [-0.25, -0.2) is 13.8 Å². The monoisotopic (exact) mass is 290 g/mol. The Bertz CT molecular complexity index is 913. The Hall–Kier alpha value is -2.40. The first-order valence-corrected chi connectivity index (χ1v) is 6.14. The summed E-state index contributed by atoms with van der Waals surface area (Å²) >= 11 is 5.86. The third-order valence-corrected chi connectivity index (χ3v) is 3.18. The van der Waals surface area contributed by atoms with Crippen molar-refractivity contribution in [3.63, 3.8) is 0 Å². The number of aromatic amines is 1. The lowest BCUT2D eigenvalue weighted by Crippen LogP contribution is -2.33. The molecule has 3 rings (SSSR count). The molecule has 1 N–H and O–H groups in total. The van der Waals surface area contributed by atoms with Gasteiger partial charge in [-0.15, -0.1) is 0 Å². The molecule has 6 heteroatoms. The van der Waals surface area contributed by atoms with Crippen LogP contribution in [0.3, 0.4) is 0 Å². The van der Waals surface area contributed by atoms with E-state index in [-0.39, 0.29) is 0 Å². The minimum atomic E-state index is -0.587. The molecule has 4 nitrogen and oxygen atoms in total. The summed E-state index contributed by atoms with van der Waals surface area (Å²) in [4.78, 5) is 27.0. The van der Waals surface area contributed by atoms with Gasteiger partial charge < -0.3 is 4.98 Å². The van der Waals surface area contributed by atoms with Crippen molar-refractivity contribution < 1.29 is 4.39 Å². The van der Waals surface area contributed by atoms with Crippen molar-refractivity contribution in [2.24, 2.45) is 0 Å². The number of hydrogen-bond donors (Lipinski definition) is 1. The topological polar surface area (TPSA) is 54.9 Å². The van der Waals surface area contributed by atoms with E-state index in [1.807, 2.05) is 0 Å². The molecule has 100 valence electrons. The number of benzene rings is 2. The van der Waals surface area contributed by atoms with E-state index < -0.39 is 17.1 Å². The number of halogens is 2. The van der Waals surface area contributed by atoms with E-state index in [1.54, 1.807) is 12.1 Å². The number of nitrogens with one attached hydrogen (secondary N) is 1. The molecule has 0 saturated heterocycles. The molecule has 1 heterocycles. The summed E-state index contributed by atoms with van der Waals surface area (Å²) < 4.78 is 13.9. The smallest absolute Gasteiger partial charge is 0.306 e. The quantitative estimate of drug-likeness (QED) is 0.748. The van der Waals surface area contributed by atoms with Crippen LogP contribution in [-0.4, -0.2) is 9.55 Å². The highest BCUT2D eigenvalue weighted by molar-refractivity contribution is 6.31. The van der Waals surface area contributed by atoms with Crippen molar-refractivity contribution >= 4 is 22.5 Å². The summed E-state index contributed by atoms with van der Waals surface area (Å²) in [6.45, 7) is 0. The number of hydrogen-bond acceptors (Lipinski definition) is 2. The first-order valence-electron chi connectivity index (χ1n) is 5.77. The second-order valence-corrected chi connectivity index (χ2v) is 4.67. The molecule has 0 unspecified atom stereocenters. The third kappa shape index (κ3) is 2.02. The second kappa shape index (κ2) is 4.61. The van der Waals surface area contributed by atoms with Crippen LogP contribution in [0.2, 0.25) is 5.02 Å². The molecular formula is C14H8ClFN2O2. The lowest BCUT2D eigenvalue weighted by Gasteiger charge is -2.06. The number of aromatic nitrogens is 2. The molecule has 0 aliphatic carbocycles. The van der Waals surface area contributed by atoms with Crippen LogP contribution >= 0.6 is 11.6 Å². The second-order valence-electron chi connectivity index (χ2n) is 4.24. The summed E-state index contributed by atoms with van der Waals surface area (Å²) in [7, 11) is 0. The van der Waals surface area contributed by atoms with Crippen molar-refractivity contribution in [1.82, 2.24) is 9.55 Å². The molecule has 0 aliphatic heterocycles. The molecule has 0 spiro atoms. The van der Waals surface area contributed by atoms with Crippen molar-refractivity contribution in [3.05, 3.63) is 74.1 Å². The van der Waals surface area contributed by atoms with Gasteiger partial charge >= 0.3 is 5.69 Å². The van der Waals surface area contributed by atoms with Crippen molar-refractivity contribution in [3.8, 4) is 5.69 Å². The maximum Gasteiger partial charge on any atom is 0.333 e. The average Bonchev–Trinajstić information content (AvgIpc) is 2.42. The Morgan fingerprint density at radius 1 is 1.05 bits per heavy atom. The molecule has 1 aromatic heterocycles. The molecule has 0 fully saturated rings. The van der Waals surface area contributed by atoms with Gasteiger partial charge in [0.1, 0.15) is 5.82 Å². The maximum absolute atomic E-state index is 12.9. The summed E-state index contributed by atoms with van der Waals surface area (Å²) in [5.41, 5.74) is -0.392. The predicted octanol–water partition coefficient (Wildman–Crippen LogP) is 2.47. The molecule has 0 saturated carbocycles. The zero-order valence-electron chi connectivity index (χ0n) is 10.1. The summed E-state index contributed by atoms with van der Waals surface area (Å²) in [5.74, 6) is -0.443. The standard InChI is InChI=1S/C14H8ClFN2O2/c15-8-1-6-12-11(7-8)13(19)18(14(20)17-12)10-4-2-9(16)3-5-10/h1-7H,(H,17,20). The van der Waals surface area contributed by atoms with Crippen LogP contribution in [0.4, 0.5) is 4.39 Å². The Kier molecular flexibility index (Phi) is 2.91. The van der Waals surface area contributed by atoms with E-state index in [2.05, 4.69) is 4.98 Å². The van der Waals surface area contributed by atoms with E-state index in [4.69, 9.17) is 11.6 Å². The zero-order valence-corrected chi connectivity index (χ0v) is 10.8. The van der Waals surface area contributed by atoms with Gasteiger partial charge in [0.05, 0.1) is 16.6 Å². The maximum atomic E-state index is 12.9. The Balaban J connectivity index is 2.39. The minimum Gasteiger partial charge on any atom is -0.306 e. The number of fused-ring (bicyclic) bond motifs is 1. The van der Waals surface area contributed by atoms with Crippen LogP contribution in [0.25, 0.3) is 16.6 Å². The van der Waals surface area contributed by atoms with Crippen molar-refractivity contribution in [1.29, 1.82) is 0 Å². The molecular weight excluding hydrogens is 283 g/mol. The Labute approximate surface area is 117 Å². The lowest BCUT2D eigenvalue weighted by atomic mass is 10.2. The first kappa shape index (κ1) is 12.6. The predicted molar refractivity (Wildman–Crippen MR) is 75.1 cm³/mol. The van der Waals surface area contributed by atoms with Gasteiger partial charge in [-0.3, -0.25) is 4.79 Å². The van der Waals surface area contributed by atoms with Gasteiger partial charge in [-0.1, -0.05) is 11.6 Å². The molecule has 0 amide bonds. The van der Waals surface area contributed by atoms with E-state index in [0.29, 0.717) is 21.6 Å². The van der Waals surface area contributed by atoms with E-state index in [9.17, 15) is 14.0 Å². The van der Waals surface area contributed by atoms with Crippen molar-refractivity contribution in [2.45, 2.75) is 0 Å². The van der Waals surface area contributed by atoms with Gasteiger partial charge in [-0.2, -0.15) is 0 Å². The summed E-state index contributed by atoms with van der Waals surface area (Å²) in [5, 5.41) is 0.689. The van der Waals surface area contributed by atoms with Crippen LogP contribution in [0.15, 0.2) is 52.1 Å². The molecule has 20 heavy (non-hydrogen) atoms. The Morgan fingerprint density at radius 3 is 2.45 bits per heavy atom. The van der Waals surface area contributed by atoms with Gasteiger partial charge in [-0.05, 0) is 42.5 Å². The van der Waals surface area contributed by atoms with Gasteiger partial charge in [0.2, 0.25) is 0 Å². The van der Waals surface area contributed by atoms with Gasteiger partial charge in [0, 0.05) is 5.02 Å². The summed E-state index contributed by atoms with van der Waals surface area (Å²) in [6, 6.07) is 9.73. The Morgan fingerprint density at radius 2 is 1.75 bits per heavy atom. The third-order valence-electron chi connectivity index (χ3n) is 2.94. The van der Waals surface area contributed by atoms with Gasteiger partial charge in [0.25, 0.3) is 5.56 Å². The number of H-pyrrole nitrogens is 1. The number of nitrogens with zero attached hydrogens (tertiary/aromatic N) is 1. The molecule has 0 atom stereocenters. The van der Waals surface area contributed by atoms with Crippen LogP contribution in [0.1, 0.15) is 0 Å². The number of rotatable bonds is 1. The van der Waals surface area contributed by atoms with Crippen LogP contribution in [-0.2, 0) is 0 Å². The van der Waals surface area contributed by atoms with Crippen molar-refractivity contribution in [2.75, 3.05) is 0 Å². The lowest BCUT2D eigenvalue weighted by molar-refractivity contribution is 0.627.